The van der Waals surface area contributed by atoms with Crippen LogP contribution < -0.4 is 0 Å². The Labute approximate surface area is 75.2 Å². The van der Waals surface area contributed by atoms with E-state index in [9.17, 15) is 0 Å². The molecule has 1 aliphatic rings. The highest BCUT2D eigenvalue weighted by Gasteiger charge is 2.31. The number of hydrogen-bond donors (Lipinski definition) is 0. The molecule has 1 heterocycles. The lowest BCUT2D eigenvalue weighted by Crippen LogP contribution is -2.17. The molecule has 2 nitrogen and oxygen atoms in total. The van der Waals surface area contributed by atoms with Gasteiger partial charge in [0.2, 0.25) is 0 Å². The molecule has 72 valence electrons. The number of hydrogen-bond acceptors (Lipinski definition) is 2. The lowest BCUT2D eigenvalue weighted by Gasteiger charge is -2.11. The molecule has 0 aliphatic carbocycles. The van der Waals surface area contributed by atoms with Gasteiger partial charge >= 0.3 is 0 Å². The third kappa shape index (κ3) is 2.46. The van der Waals surface area contributed by atoms with Crippen LogP contribution in [0.3, 0.4) is 0 Å². The molecule has 2 heteroatoms. The van der Waals surface area contributed by atoms with E-state index in [0.29, 0.717) is 12.0 Å². The van der Waals surface area contributed by atoms with E-state index in [0.717, 1.165) is 12.8 Å². The summed E-state index contributed by atoms with van der Waals surface area (Å²) in [5.41, 5.74) is 0. The molecule has 12 heavy (non-hydrogen) atoms. The van der Waals surface area contributed by atoms with E-state index in [1.807, 2.05) is 0 Å². The van der Waals surface area contributed by atoms with Gasteiger partial charge in [-0.25, -0.2) is 0 Å². The van der Waals surface area contributed by atoms with Gasteiger partial charge in [0, 0.05) is 6.42 Å². The van der Waals surface area contributed by atoms with Gasteiger partial charge in [-0.2, -0.15) is 0 Å². The van der Waals surface area contributed by atoms with Gasteiger partial charge < -0.3 is 9.47 Å². The summed E-state index contributed by atoms with van der Waals surface area (Å²) in [6.45, 7) is 8.62. The third-order valence-electron chi connectivity index (χ3n) is 2.28. The fourth-order valence-electron chi connectivity index (χ4n) is 1.59. The van der Waals surface area contributed by atoms with Crippen LogP contribution in [0.15, 0.2) is 0 Å². The summed E-state index contributed by atoms with van der Waals surface area (Å²) < 4.78 is 11.4. The lowest BCUT2D eigenvalue weighted by atomic mass is 10.1. The molecule has 0 aromatic heterocycles. The molecule has 0 aromatic rings. The molecule has 1 rings (SSSR count). The molecule has 0 aromatic carbocycles. The van der Waals surface area contributed by atoms with Crippen molar-refractivity contribution in [2.24, 2.45) is 5.92 Å². The van der Waals surface area contributed by atoms with Crippen molar-refractivity contribution in [1.29, 1.82) is 0 Å². The highest BCUT2D eigenvalue weighted by molar-refractivity contribution is 4.72. The van der Waals surface area contributed by atoms with Gasteiger partial charge in [0.15, 0.2) is 6.29 Å². The van der Waals surface area contributed by atoms with E-state index in [1.165, 1.54) is 0 Å². The second-order valence-electron chi connectivity index (χ2n) is 3.98. The van der Waals surface area contributed by atoms with E-state index < -0.39 is 0 Å². The zero-order chi connectivity index (χ0) is 9.14. The SMILES string of the molecule is CCC1O[C@@H](CC(C)C)O[C@@H]1C. The van der Waals surface area contributed by atoms with Crippen LogP contribution >= 0.6 is 0 Å². The Kier molecular flexibility index (Phi) is 3.53. The largest absolute Gasteiger partial charge is 0.347 e. The summed E-state index contributed by atoms with van der Waals surface area (Å²) in [5.74, 6) is 0.651. The molecule has 1 aliphatic heterocycles. The maximum Gasteiger partial charge on any atom is 0.158 e. The first-order valence-corrected chi connectivity index (χ1v) is 4.94. The quantitative estimate of drug-likeness (QED) is 0.651. The summed E-state index contributed by atoms with van der Waals surface area (Å²) in [6.07, 6.45) is 2.70. The molecule has 0 N–H and O–H groups in total. The Bertz CT molecular complexity index is 134. The Balaban J connectivity index is 2.33. The molecule has 1 unspecified atom stereocenters. The van der Waals surface area contributed by atoms with Gasteiger partial charge in [-0.3, -0.25) is 0 Å². The molecule has 0 amide bonds. The fourth-order valence-corrected chi connectivity index (χ4v) is 1.59. The van der Waals surface area contributed by atoms with Gasteiger partial charge in [0.1, 0.15) is 0 Å². The van der Waals surface area contributed by atoms with Crippen molar-refractivity contribution in [2.75, 3.05) is 0 Å². The normalized spacial score (nSPS) is 36.2. The smallest absolute Gasteiger partial charge is 0.158 e. The minimum absolute atomic E-state index is 0.0462. The van der Waals surface area contributed by atoms with Crippen LogP contribution in [-0.4, -0.2) is 18.5 Å². The first-order chi connectivity index (χ1) is 5.63. The topological polar surface area (TPSA) is 18.5 Å². The molecule has 0 radical (unpaired) electrons. The lowest BCUT2D eigenvalue weighted by molar-refractivity contribution is -0.0757. The second-order valence-corrected chi connectivity index (χ2v) is 3.98. The Hall–Kier alpha value is -0.0800. The van der Waals surface area contributed by atoms with E-state index in [4.69, 9.17) is 9.47 Å². The highest BCUT2D eigenvalue weighted by atomic mass is 16.7. The molecular weight excluding hydrogens is 152 g/mol. The highest BCUT2D eigenvalue weighted by Crippen LogP contribution is 2.25. The first kappa shape index (κ1) is 10.0. The molecule has 1 saturated heterocycles. The Morgan fingerprint density at radius 3 is 2.33 bits per heavy atom. The fraction of sp³-hybridized carbons (Fsp3) is 1.00. The van der Waals surface area contributed by atoms with Crippen molar-refractivity contribution < 1.29 is 9.47 Å². The summed E-state index contributed by atoms with van der Waals surface area (Å²) in [4.78, 5) is 0. The minimum Gasteiger partial charge on any atom is -0.347 e. The summed E-state index contributed by atoms with van der Waals surface area (Å²) in [6, 6.07) is 0. The average Bonchev–Trinajstić information content (AvgIpc) is 2.29. The van der Waals surface area contributed by atoms with Crippen LogP contribution in [0, 0.1) is 5.92 Å². The predicted molar refractivity (Wildman–Crippen MR) is 49.0 cm³/mol. The van der Waals surface area contributed by atoms with Gasteiger partial charge in [-0.05, 0) is 19.3 Å². The van der Waals surface area contributed by atoms with Gasteiger partial charge in [0.05, 0.1) is 12.2 Å². The summed E-state index contributed by atoms with van der Waals surface area (Å²) >= 11 is 0. The predicted octanol–water partition coefficient (Wildman–Crippen LogP) is 2.57. The van der Waals surface area contributed by atoms with Crippen LogP contribution in [0.2, 0.25) is 0 Å². The molecule has 0 saturated carbocycles. The Morgan fingerprint density at radius 1 is 1.25 bits per heavy atom. The average molecular weight is 172 g/mol. The van der Waals surface area contributed by atoms with Crippen molar-refractivity contribution in [2.45, 2.75) is 59.0 Å². The van der Waals surface area contributed by atoms with Crippen LogP contribution in [-0.2, 0) is 9.47 Å². The minimum atomic E-state index is 0.0462. The Morgan fingerprint density at radius 2 is 1.92 bits per heavy atom. The van der Waals surface area contributed by atoms with Crippen LogP contribution in [0.25, 0.3) is 0 Å². The van der Waals surface area contributed by atoms with Crippen molar-refractivity contribution in [3.8, 4) is 0 Å². The molecular formula is C10H20O2. The van der Waals surface area contributed by atoms with Gasteiger partial charge in [-0.15, -0.1) is 0 Å². The first-order valence-electron chi connectivity index (χ1n) is 4.94. The van der Waals surface area contributed by atoms with Crippen molar-refractivity contribution >= 4 is 0 Å². The number of ether oxygens (including phenoxy) is 2. The van der Waals surface area contributed by atoms with Crippen LogP contribution in [0.1, 0.15) is 40.5 Å². The third-order valence-corrected chi connectivity index (χ3v) is 2.28. The van der Waals surface area contributed by atoms with Gasteiger partial charge in [0.25, 0.3) is 0 Å². The zero-order valence-electron chi connectivity index (χ0n) is 8.54. The molecule has 0 bridgehead atoms. The molecule has 1 fully saturated rings. The zero-order valence-corrected chi connectivity index (χ0v) is 8.54. The standard InChI is InChI=1S/C10H20O2/c1-5-9-8(4)11-10(12-9)6-7(2)3/h7-10H,5-6H2,1-4H3/t8-,9?,10+/m1/s1. The van der Waals surface area contributed by atoms with Gasteiger partial charge in [-0.1, -0.05) is 20.8 Å². The van der Waals surface area contributed by atoms with Crippen LogP contribution in [0.5, 0.6) is 0 Å². The van der Waals surface area contributed by atoms with Crippen molar-refractivity contribution in [1.82, 2.24) is 0 Å². The monoisotopic (exact) mass is 172 g/mol. The molecule has 3 atom stereocenters. The maximum absolute atomic E-state index is 5.71. The summed E-state index contributed by atoms with van der Waals surface area (Å²) in [7, 11) is 0. The van der Waals surface area contributed by atoms with E-state index in [2.05, 4.69) is 27.7 Å². The van der Waals surface area contributed by atoms with E-state index in [-0.39, 0.29) is 12.4 Å². The maximum atomic E-state index is 5.71. The molecule has 0 spiro atoms. The second kappa shape index (κ2) is 4.24. The summed E-state index contributed by atoms with van der Waals surface area (Å²) in [5, 5.41) is 0. The van der Waals surface area contributed by atoms with E-state index in [1.54, 1.807) is 0 Å². The van der Waals surface area contributed by atoms with E-state index >= 15 is 0 Å². The van der Waals surface area contributed by atoms with Crippen molar-refractivity contribution in [3.63, 3.8) is 0 Å². The van der Waals surface area contributed by atoms with Crippen LogP contribution in [0.4, 0.5) is 0 Å². The number of rotatable bonds is 3. The van der Waals surface area contributed by atoms with Crippen molar-refractivity contribution in [3.05, 3.63) is 0 Å².